The van der Waals surface area contributed by atoms with Crippen LogP contribution >= 0.6 is 15.9 Å². The van der Waals surface area contributed by atoms with Gasteiger partial charge in [0.1, 0.15) is 11.9 Å². The van der Waals surface area contributed by atoms with E-state index in [-0.39, 0.29) is 12.7 Å². The molecular formula is C13H18BrNO3. The number of aliphatic hydroxyl groups excluding tert-OH is 1. The second-order valence-corrected chi connectivity index (χ2v) is 5.90. The van der Waals surface area contributed by atoms with Gasteiger partial charge in [0.2, 0.25) is 0 Å². The molecule has 0 aromatic heterocycles. The Kier molecular flexibility index (Phi) is 4.27. The SMILES string of the molecule is CC(O)(CO)CNCC1Cc2cc(Br)ccc2O1. The molecule has 0 saturated heterocycles. The van der Waals surface area contributed by atoms with Crippen molar-refractivity contribution in [2.24, 2.45) is 0 Å². The van der Waals surface area contributed by atoms with E-state index in [0.29, 0.717) is 13.1 Å². The Hall–Kier alpha value is -0.620. The average Bonchev–Trinajstić information content (AvgIpc) is 2.70. The van der Waals surface area contributed by atoms with Crippen molar-refractivity contribution >= 4 is 15.9 Å². The summed E-state index contributed by atoms with van der Waals surface area (Å²) in [5.74, 6) is 0.930. The van der Waals surface area contributed by atoms with Crippen molar-refractivity contribution in [2.75, 3.05) is 19.7 Å². The highest BCUT2D eigenvalue weighted by molar-refractivity contribution is 9.10. The number of hydrogen-bond donors (Lipinski definition) is 3. The van der Waals surface area contributed by atoms with E-state index in [4.69, 9.17) is 9.84 Å². The fraction of sp³-hybridized carbons (Fsp3) is 0.538. The van der Waals surface area contributed by atoms with Crippen LogP contribution in [0.4, 0.5) is 0 Å². The van der Waals surface area contributed by atoms with Crippen LogP contribution in [0.2, 0.25) is 0 Å². The highest BCUT2D eigenvalue weighted by Gasteiger charge is 2.24. The van der Waals surface area contributed by atoms with Crippen molar-refractivity contribution in [3.8, 4) is 5.75 Å². The van der Waals surface area contributed by atoms with Gasteiger partial charge in [0, 0.05) is 24.0 Å². The monoisotopic (exact) mass is 315 g/mol. The Balaban J connectivity index is 1.81. The molecule has 0 aliphatic carbocycles. The van der Waals surface area contributed by atoms with Crippen LogP contribution in [0.1, 0.15) is 12.5 Å². The first-order chi connectivity index (χ1) is 8.50. The third kappa shape index (κ3) is 3.45. The number of halogens is 1. The van der Waals surface area contributed by atoms with Gasteiger partial charge < -0.3 is 20.3 Å². The van der Waals surface area contributed by atoms with Gasteiger partial charge in [-0.1, -0.05) is 15.9 Å². The van der Waals surface area contributed by atoms with E-state index in [1.54, 1.807) is 6.92 Å². The van der Waals surface area contributed by atoms with Gasteiger partial charge in [-0.2, -0.15) is 0 Å². The van der Waals surface area contributed by atoms with Crippen molar-refractivity contribution in [3.05, 3.63) is 28.2 Å². The minimum atomic E-state index is -1.07. The fourth-order valence-electron chi connectivity index (χ4n) is 1.96. The first kappa shape index (κ1) is 13.8. The van der Waals surface area contributed by atoms with Crippen LogP contribution in [0.15, 0.2) is 22.7 Å². The van der Waals surface area contributed by atoms with Crippen molar-refractivity contribution in [3.63, 3.8) is 0 Å². The zero-order valence-corrected chi connectivity index (χ0v) is 11.9. The number of benzene rings is 1. The van der Waals surface area contributed by atoms with Crippen LogP contribution in [-0.2, 0) is 6.42 Å². The third-order valence-corrected chi connectivity index (χ3v) is 3.48. The van der Waals surface area contributed by atoms with E-state index < -0.39 is 5.60 Å². The van der Waals surface area contributed by atoms with Gasteiger partial charge in [-0.05, 0) is 30.7 Å². The van der Waals surface area contributed by atoms with Crippen LogP contribution in [0.25, 0.3) is 0 Å². The summed E-state index contributed by atoms with van der Waals surface area (Å²) in [6.45, 7) is 2.35. The molecule has 1 aromatic carbocycles. The molecule has 4 nitrogen and oxygen atoms in total. The molecule has 0 spiro atoms. The topological polar surface area (TPSA) is 61.7 Å². The molecule has 0 bridgehead atoms. The number of hydrogen-bond acceptors (Lipinski definition) is 4. The molecule has 3 N–H and O–H groups in total. The Bertz CT molecular complexity index is 423. The van der Waals surface area contributed by atoms with Gasteiger partial charge in [-0.15, -0.1) is 0 Å². The summed E-state index contributed by atoms with van der Waals surface area (Å²) >= 11 is 3.44. The molecule has 18 heavy (non-hydrogen) atoms. The Morgan fingerprint density at radius 3 is 3.06 bits per heavy atom. The molecule has 5 heteroatoms. The molecule has 1 aliphatic heterocycles. The molecule has 2 atom stereocenters. The number of nitrogens with one attached hydrogen (secondary N) is 1. The number of rotatable bonds is 5. The molecule has 0 saturated carbocycles. The summed E-state index contributed by atoms with van der Waals surface area (Å²) in [7, 11) is 0. The lowest BCUT2D eigenvalue weighted by atomic mass is 10.1. The van der Waals surface area contributed by atoms with Gasteiger partial charge in [0.15, 0.2) is 0 Å². The maximum atomic E-state index is 9.65. The van der Waals surface area contributed by atoms with Gasteiger partial charge >= 0.3 is 0 Å². The first-order valence-electron chi connectivity index (χ1n) is 5.99. The second-order valence-electron chi connectivity index (χ2n) is 4.98. The maximum Gasteiger partial charge on any atom is 0.123 e. The summed E-state index contributed by atoms with van der Waals surface area (Å²) in [5.41, 5.74) is 0.124. The summed E-state index contributed by atoms with van der Waals surface area (Å²) in [6.07, 6.45) is 0.951. The van der Waals surface area contributed by atoms with E-state index in [1.807, 2.05) is 12.1 Å². The molecule has 1 aliphatic rings. The molecule has 2 unspecified atom stereocenters. The van der Waals surface area contributed by atoms with Gasteiger partial charge in [-0.25, -0.2) is 0 Å². The Morgan fingerprint density at radius 2 is 2.33 bits per heavy atom. The van der Waals surface area contributed by atoms with E-state index in [9.17, 15) is 5.11 Å². The van der Waals surface area contributed by atoms with Gasteiger partial charge in [-0.3, -0.25) is 0 Å². The van der Waals surface area contributed by atoms with Gasteiger partial charge in [0.25, 0.3) is 0 Å². The predicted molar refractivity (Wildman–Crippen MR) is 72.8 cm³/mol. The van der Waals surface area contributed by atoms with Gasteiger partial charge in [0.05, 0.1) is 12.2 Å². The molecule has 0 amide bonds. The smallest absolute Gasteiger partial charge is 0.123 e. The summed E-state index contributed by atoms with van der Waals surface area (Å²) in [6, 6.07) is 5.99. The minimum absolute atomic E-state index is 0.0868. The van der Waals surface area contributed by atoms with E-state index >= 15 is 0 Å². The average molecular weight is 316 g/mol. The number of aliphatic hydroxyl groups is 2. The van der Waals surface area contributed by atoms with Crippen molar-refractivity contribution < 1.29 is 14.9 Å². The standard InChI is InChI=1S/C13H18BrNO3/c1-13(17,8-16)7-15-6-11-5-9-4-10(14)2-3-12(9)18-11/h2-4,11,15-17H,5-8H2,1H3. The lowest BCUT2D eigenvalue weighted by Crippen LogP contribution is -2.43. The zero-order chi connectivity index (χ0) is 13.2. The maximum absolute atomic E-state index is 9.65. The first-order valence-corrected chi connectivity index (χ1v) is 6.78. The Morgan fingerprint density at radius 1 is 1.56 bits per heavy atom. The predicted octanol–water partition coefficient (Wildman–Crippen LogP) is 1.09. The van der Waals surface area contributed by atoms with Crippen LogP contribution in [0.3, 0.4) is 0 Å². The normalized spacial score (nSPS) is 21.2. The molecule has 0 fully saturated rings. The molecule has 0 radical (unpaired) electrons. The largest absolute Gasteiger partial charge is 0.488 e. The molecule has 2 rings (SSSR count). The van der Waals surface area contributed by atoms with E-state index in [0.717, 1.165) is 16.6 Å². The quantitative estimate of drug-likeness (QED) is 0.761. The molecule has 1 heterocycles. The third-order valence-electron chi connectivity index (χ3n) is 2.98. The van der Waals surface area contributed by atoms with Crippen LogP contribution < -0.4 is 10.1 Å². The lowest BCUT2D eigenvalue weighted by molar-refractivity contribution is 0.00151. The lowest BCUT2D eigenvalue weighted by Gasteiger charge is -2.21. The number of fused-ring (bicyclic) bond motifs is 1. The van der Waals surface area contributed by atoms with Crippen LogP contribution in [-0.4, -0.2) is 41.6 Å². The highest BCUT2D eigenvalue weighted by atomic mass is 79.9. The minimum Gasteiger partial charge on any atom is -0.488 e. The van der Waals surface area contributed by atoms with E-state index in [2.05, 4.69) is 27.3 Å². The molecular weight excluding hydrogens is 298 g/mol. The van der Waals surface area contributed by atoms with Crippen molar-refractivity contribution in [1.82, 2.24) is 5.32 Å². The number of ether oxygens (including phenoxy) is 1. The van der Waals surface area contributed by atoms with Crippen LogP contribution in [0, 0.1) is 0 Å². The van der Waals surface area contributed by atoms with E-state index in [1.165, 1.54) is 5.56 Å². The summed E-state index contributed by atoms with van der Waals surface area (Å²) in [5, 5.41) is 21.7. The zero-order valence-electron chi connectivity index (χ0n) is 10.3. The van der Waals surface area contributed by atoms with Crippen molar-refractivity contribution in [2.45, 2.75) is 25.0 Å². The highest BCUT2D eigenvalue weighted by Crippen LogP contribution is 2.30. The summed E-state index contributed by atoms with van der Waals surface area (Å²) in [4.78, 5) is 0. The molecule has 1 aromatic rings. The second kappa shape index (κ2) is 5.57. The fourth-order valence-corrected chi connectivity index (χ4v) is 2.37. The Labute approximate surface area is 115 Å². The van der Waals surface area contributed by atoms with Crippen LogP contribution in [0.5, 0.6) is 5.75 Å². The molecule has 100 valence electrons. The summed E-state index contributed by atoms with van der Waals surface area (Å²) < 4.78 is 6.84. The van der Waals surface area contributed by atoms with Crippen molar-refractivity contribution in [1.29, 1.82) is 0 Å².